The molecule has 8 nitrogen and oxygen atoms in total. The van der Waals surface area contributed by atoms with Crippen molar-refractivity contribution in [2.45, 2.75) is 12.8 Å². The molecule has 0 atom stereocenters. The van der Waals surface area contributed by atoms with Crippen LogP contribution in [0, 0.1) is 5.92 Å². The van der Waals surface area contributed by atoms with Crippen molar-refractivity contribution in [2.75, 3.05) is 37.8 Å². The molecule has 138 valence electrons. The first-order chi connectivity index (χ1) is 11.6. The zero-order valence-electron chi connectivity index (χ0n) is 14.6. The Morgan fingerprint density at radius 3 is 2.36 bits per heavy atom. The summed E-state index contributed by atoms with van der Waals surface area (Å²) in [4.78, 5) is 25.7. The molecule has 1 saturated heterocycles. The number of hydrogen-bond donors (Lipinski definition) is 1. The van der Waals surface area contributed by atoms with Gasteiger partial charge in [0, 0.05) is 26.1 Å². The van der Waals surface area contributed by atoms with Gasteiger partial charge in [0.05, 0.1) is 24.6 Å². The van der Waals surface area contributed by atoms with Gasteiger partial charge in [0.1, 0.15) is 5.75 Å². The molecule has 0 radical (unpaired) electrons. The van der Waals surface area contributed by atoms with Crippen molar-refractivity contribution in [3.63, 3.8) is 0 Å². The highest BCUT2D eigenvalue weighted by Crippen LogP contribution is 2.28. The van der Waals surface area contributed by atoms with Crippen molar-refractivity contribution in [1.29, 1.82) is 0 Å². The van der Waals surface area contributed by atoms with Gasteiger partial charge in [-0.05, 0) is 31.0 Å². The Labute approximate surface area is 147 Å². The Morgan fingerprint density at radius 2 is 1.88 bits per heavy atom. The van der Waals surface area contributed by atoms with Crippen molar-refractivity contribution in [1.82, 2.24) is 4.90 Å². The Kier molecular flexibility index (Phi) is 5.56. The predicted octanol–water partition coefficient (Wildman–Crippen LogP) is 0.429. The largest absolute Gasteiger partial charge is 0.496 e. The first-order valence-electron chi connectivity index (χ1n) is 7.85. The molecule has 0 saturated carbocycles. The number of nitrogens with two attached hydrogens (primary N) is 1. The molecule has 0 aromatic heterocycles. The summed E-state index contributed by atoms with van der Waals surface area (Å²) in [5, 5.41) is 0. The lowest BCUT2D eigenvalue weighted by molar-refractivity contribution is -0.123. The Bertz CT molecular complexity index is 770. The summed E-state index contributed by atoms with van der Waals surface area (Å²) in [7, 11) is -0.573. The molecular weight excluding hydrogens is 346 g/mol. The number of carbonyl (C=O) groups excluding carboxylic acids is 2. The van der Waals surface area contributed by atoms with E-state index in [9.17, 15) is 18.0 Å². The van der Waals surface area contributed by atoms with Gasteiger partial charge in [-0.25, -0.2) is 8.42 Å². The van der Waals surface area contributed by atoms with Crippen LogP contribution < -0.4 is 14.8 Å². The molecule has 2 amide bonds. The Balaban J connectivity index is 2.28. The summed E-state index contributed by atoms with van der Waals surface area (Å²) in [6.45, 7) is 0.837. The summed E-state index contributed by atoms with van der Waals surface area (Å²) in [6, 6.07) is 4.65. The fourth-order valence-corrected chi connectivity index (χ4v) is 3.28. The first kappa shape index (κ1) is 19.0. The Morgan fingerprint density at radius 1 is 1.28 bits per heavy atom. The van der Waals surface area contributed by atoms with E-state index in [0.717, 1.165) is 10.6 Å². The molecule has 9 heteroatoms. The number of primary amides is 1. The standard InChI is InChI=1S/C16H23N3O5S/c1-18(25(3,22)23)12-4-5-14(24-2)13(10-12)16(21)19-8-6-11(7-9-19)15(17)20/h4-5,10-11H,6-9H2,1-3H3,(H2,17,20). The molecule has 1 aromatic carbocycles. The smallest absolute Gasteiger partial charge is 0.257 e. The molecule has 1 heterocycles. The second kappa shape index (κ2) is 7.30. The summed E-state index contributed by atoms with van der Waals surface area (Å²) >= 11 is 0. The number of amides is 2. The van der Waals surface area contributed by atoms with Crippen LogP contribution in [-0.4, -0.2) is 58.6 Å². The second-order valence-electron chi connectivity index (χ2n) is 6.08. The van der Waals surface area contributed by atoms with Crippen molar-refractivity contribution < 1.29 is 22.7 Å². The second-order valence-corrected chi connectivity index (χ2v) is 8.10. The molecule has 1 aromatic rings. The molecule has 0 aliphatic carbocycles. The normalized spacial score (nSPS) is 15.7. The fraction of sp³-hybridized carbons (Fsp3) is 0.500. The number of carbonyl (C=O) groups is 2. The quantitative estimate of drug-likeness (QED) is 0.809. The molecule has 25 heavy (non-hydrogen) atoms. The van der Waals surface area contributed by atoms with Gasteiger partial charge in [-0.2, -0.15) is 0 Å². The maximum Gasteiger partial charge on any atom is 0.257 e. The minimum atomic E-state index is -3.44. The monoisotopic (exact) mass is 369 g/mol. The van der Waals surface area contributed by atoms with Crippen LogP contribution >= 0.6 is 0 Å². The van der Waals surface area contributed by atoms with Gasteiger partial charge in [0.2, 0.25) is 15.9 Å². The van der Waals surface area contributed by atoms with E-state index in [4.69, 9.17) is 10.5 Å². The van der Waals surface area contributed by atoms with Gasteiger partial charge in [0.25, 0.3) is 5.91 Å². The number of anilines is 1. The maximum absolute atomic E-state index is 12.8. The van der Waals surface area contributed by atoms with E-state index in [2.05, 4.69) is 0 Å². The average Bonchev–Trinajstić information content (AvgIpc) is 2.59. The third kappa shape index (κ3) is 4.22. The number of benzene rings is 1. The summed E-state index contributed by atoms with van der Waals surface area (Å²) < 4.78 is 29.8. The maximum atomic E-state index is 12.8. The summed E-state index contributed by atoms with van der Waals surface area (Å²) in [6.07, 6.45) is 2.13. The van der Waals surface area contributed by atoms with E-state index >= 15 is 0 Å². The van der Waals surface area contributed by atoms with E-state index in [1.807, 2.05) is 0 Å². The minimum absolute atomic E-state index is 0.214. The summed E-state index contributed by atoms with van der Waals surface area (Å²) in [5.74, 6) is -0.453. The summed E-state index contributed by atoms with van der Waals surface area (Å²) in [5.41, 5.74) is 5.97. The molecule has 1 aliphatic heterocycles. The molecule has 0 unspecified atom stereocenters. The number of nitrogens with zero attached hydrogens (tertiary/aromatic N) is 2. The number of likely N-dealkylation sites (tertiary alicyclic amines) is 1. The minimum Gasteiger partial charge on any atom is -0.496 e. The Hall–Kier alpha value is -2.29. The predicted molar refractivity (Wildman–Crippen MR) is 94.1 cm³/mol. The van der Waals surface area contributed by atoms with Gasteiger partial charge >= 0.3 is 0 Å². The number of sulfonamides is 1. The molecule has 1 fully saturated rings. The first-order valence-corrected chi connectivity index (χ1v) is 9.70. The van der Waals surface area contributed by atoms with Crippen LogP contribution in [0.3, 0.4) is 0 Å². The van der Waals surface area contributed by atoms with Crippen LogP contribution in [0.25, 0.3) is 0 Å². The molecule has 2 N–H and O–H groups in total. The highest BCUT2D eigenvalue weighted by molar-refractivity contribution is 7.92. The highest BCUT2D eigenvalue weighted by Gasteiger charge is 2.28. The molecule has 0 spiro atoms. The molecular formula is C16H23N3O5S. The van der Waals surface area contributed by atoms with Crippen LogP contribution in [-0.2, 0) is 14.8 Å². The lowest BCUT2D eigenvalue weighted by Crippen LogP contribution is -2.41. The van der Waals surface area contributed by atoms with Crippen molar-refractivity contribution in [2.24, 2.45) is 11.7 Å². The van der Waals surface area contributed by atoms with Crippen LogP contribution in [0.5, 0.6) is 5.75 Å². The van der Waals surface area contributed by atoms with Gasteiger partial charge in [-0.15, -0.1) is 0 Å². The molecule has 2 rings (SSSR count). The molecule has 1 aliphatic rings. The number of piperidine rings is 1. The van der Waals surface area contributed by atoms with E-state index in [1.54, 1.807) is 17.0 Å². The van der Waals surface area contributed by atoms with Crippen LogP contribution in [0.1, 0.15) is 23.2 Å². The number of rotatable bonds is 5. The van der Waals surface area contributed by atoms with Crippen molar-refractivity contribution in [3.8, 4) is 5.75 Å². The van der Waals surface area contributed by atoms with Gasteiger partial charge in [-0.3, -0.25) is 13.9 Å². The van der Waals surface area contributed by atoms with Gasteiger partial charge in [-0.1, -0.05) is 0 Å². The number of methoxy groups -OCH3 is 1. The van der Waals surface area contributed by atoms with E-state index in [0.29, 0.717) is 37.4 Å². The highest BCUT2D eigenvalue weighted by atomic mass is 32.2. The zero-order chi connectivity index (χ0) is 18.8. The molecule has 0 bridgehead atoms. The van der Waals surface area contributed by atoms with Crippen molar-refractivity contribution in [3.05, 3.63) is 23.8 Å². The van der Waals surface area contributed by atoms with Gasteiger partial charge in [0.15, 0.2) is 0 Å². The average molecular weight is 369 g/mol. The SMILES string of the molecule is COc1ccc(N(C)S(C)(=O)=O)cc1C(=O)N1CCC(C(N)=O)CC1. The van der Waals surface area contributed by atoms with Gasteiger partial charge < -0.3 is 15.4 Å². The number of ether oxygens (including phenoxy) is 1. The zero-order valence-corrected chi connectivity index (χ0v) is 15.4. The van der Waals surface area contributed by atoms with Crippen molar-refractivity contribution >= 4 is 27.5 Å². The fourth-order valence-electron chi connectivity index (χ4n) is 2.79. The van der Waals surface area contributed by atoms with Crippen LogP contribution in [0.2, 0.25) is 0 Å². The lowest BCUT2D eigenvalue weighted by atomic mass is 9.95. The lowest BCUT2D eigenvalue weighted by Gasteiger charge is -2.31. The van der Waals surface area contributed by atoms with E-state index in [-0.39, 0.29) is 23.3 Å². The van der Waals surface area contributed by atoms with Crippen LogP contribution in [0.15, 0.2) is 18.2 Å². The topological polar surface area (TPSA) is 110 Å². The third-order valence-corrected chi connectivity index (χ3v) is 5.66. The number of hydrogen-bond acceptors (Lipinski definition) is 5. The third-order valence-electron chi connectivity index (χ3n) is 4.46. The van der Waals surface area contributed by atoms with E-state index < -0.39 is 10.0 Å². The van der Waals surface area contributed by atoms with E-state index in [1.165, 1.54) is 20.2 Å². The van der Waals surface area contributed by atoms with Crippen LogP contribution in [0.4, 0.5) is 5.69 Å².